The Morgan fingerprint density at radius 1 is 1.17 bits per heavy atom. The molecular formula is C16H15ClN2O4. The third kappa shape index (κ3) is 3.55. The molecule has 1 aromatic heterocycles. The zero-order chi connectivity index (χ0) is 16.2. The van der Waals surface area contributed by atoms with Gasteiger partial charge in [-0.2, -0.15) is 0 Å². The van der Waals surface area contributed by atoms with Crippen LogP contribution in [0.4, 0.5) is 5.69 Å². The zero-order valence-corrected chi connectivity index (χ0v) is 13.0. The van der Waals surface area contributed by atoms with Gasteiger partial charge in [-0.1, -0.05) is 11.6 Å². The number of furan rings is 1. The molecule has 2 heterocycles. The van der Waals surface area contributed by atoms with Crippen LogP contribution in [-0.4, -0.2) is 43.0 Å². The maximum absolute atomic E-state index is 12.5. The third-order valence-corrected chi connectivity index (χ3v) is 3.83. The van der Waals surface area contributed by atoms with Crippen LogP contribution in [0.15, 0.2) is 41.0 Å². The molecule has 0 saturated carbocycles. The van der Waals surface area contributed by atoms with Gasteiger partial charge in [-0.15, -0.1) is 0 Å². The first-order chi connectivity index (χ1) is 11.1. The number of carbonyl (C=O) groups excluding carboxylic acids is 2. The first kappa shape index (κ1) is 15.6. The van der Waals surface area contributed by atoms with E-state index >= 15 is 0 Å². The van der Waals surface area contributed by atoms with Crippen LogP contribution in [0.2, 0.25) is 5.02 Å². The van der Waals surface area contributed by atoms with E-state index in [1.807, 2.05) is 0 Å². The largest absolute Gasteiger partial charge is 0.459 e. The number of carbonyl (C=O) groups is 2. The van der Waals surface area contributed by atoms with Gasteiger partial charge in [-0.05, 0) is 30.3 Å². The van der Waals surface area contributed by atoms with E-state index in [9.17, 15) is 9.59 Å². The highest BCUT2D eigenvalue weighted by Crippen LogP contribution is 2.23. The molecule has 23 heavy (non-hydrogen) atoms. The van der Waals surface area contributed by atoms with E-state index in [2.05, 4.69) is 5.32 Å². The van der Waals surface area contributed by atoms with Crippen molar-refractivity contribution in [2.75, 3.05) is 31.6 Å². The Morgan fingerprint density at radius 2 is 1.96 bits per heavy atom. The second-order valence-corrected chi connectivity index (χ2v) is 5.44. The summed E-state index contributed by atoms with van der Waals surface area (Å²) < 4.78 is 10.3. The highest BCUT2D eigenvalue weighted by molar-refractivity contribution is 6.34. The van der Waals surface area contributed by atoms with Crippen LogP contribution < -0.4 is 5.32 Å². The molecule has 6 nitrogen and oxygen atoms in total. The topological polar surface area (TPSA) is 71.8 Å². The van der Waals surface area contributed by atoms with Gasteiger partial charge in [0.15, 0.2) is 5.76 Å². The zero-order valence-electron chi connectivity index (χ0n) is 12.3. The summed E-state index contributed by atoms with van der Waals surface area (Å²) >= 11 is 6.14. The molecule has 3 rings (SSSR count). The number of anilines is 1. The molecular weight excluding hydrogens is 320 g/mol. The van der Waals surface area contributed by atoms with E-state index in [0.29, 0.717) is 42.6 Å². The minimum Gasteiger partial charge on any atom is -0.459 e. The van der Waals surface area contributed by atoms with Gasteiger partial charge in [-0.25, -0.2) is 0 Å². The van der Waals surface area contributed by atoms with Crippen molar-refractivity contribution in [2.24, 2.45) is 0 Å². The molecule has 0 unspecified atom stereocenters. The predicted octanol–water partition coefficient (Wildman–Crippen LogP) is 2.66. The molecule has 1 saturated heterocycles. The second kappa shape index (κ2) is 6.85. The summed E-state index contributed by atoms with van der Waals surface area (Å²) in [5.41, 5.74) is 0.832. The van der Waals surface area contributed by atoms with Gasteiger partial charge in [0.05, 0.1) is 30.1 Å². The van der Waals surface area contributed by atoms with Crippen molar-refractivity contribution >= 4 is 29.1 Å². The van der Waals surface area contributed by atoms with E-state index < -0.39 is 0 Å². The van der Waals surface area contributed by atoms with Gasteiger partial charge in [0.2, 0.25) is 0 Å². The van der Waals surface area contributed by atoms with E-state index in [1.54, 1.807) is 35.2 Å². The Balaban J connectivity index is 1.78. The number of ether oxygens (including phenoxy) is 1. The van der Waals surface area contributed by atoms with Gasteiger partial charge >= 0.3 is 0 Å². The monoisotopic (exact) mass is 334 g/mol. The van der Waals surface area contributed by atoms with E-state index in [0.717, 1.165) is 0 Å². The van der Waals surface area contributed by atoms with Gasteiger partial charge in [0, 0.05) is 18.8 Å². The Bertz CT molecular complexity index is 709. The fourth-order valence-corrected chi connectivity index (χ4v) is 2.50. The molecule has 7 heteroatoms. The molecule has 2 aromatic rings. The molecule has 2 amide bonds. The van der Waals surface area contributed by atoms with E-state index in [4.69, 9.17) is 20.8 Å². The summed E-state index contributed by atoms with van der Waals surface area (Å²) in [6.07, 6.45) is 1.42. The lowest BCUT2D eigenvalue weighted by Crippen LogP contribution is -2.40. The average Bonchev–Trinajstić information content (AvgIpc) is 3.11. The number of nitrogens with zero attached hydrogens (tertiary/aromatic N) is 1. The molecule has 1 fully saturated rings. The second-order valence-electron chi connectivity index (χ2n) is 5.03. The van der Waals surface area contributed by atoms with Crippen LogP contribution in [0, 0.1) is 0 Å². The number of halogens is 1. The summed E-state index contributed by atoms with van der Waals surface area (Å²) in [4.78, 5) is 26.2. The molecule has 0 spiro atoms. The minimum atomic E-state index is -0.387. The SMILES string of the molecule is O=C(Nc1ccc(Cl)c(C(=O)N2CCOCC2)c1)c1ccco1. The molecule has 1 aliphatic rings. The number of nitrogens with one attached hydrogen (secondary N) is 1. The maximum atomic E-state index is 12.5. The smallest absolute Gasteiger partial charge is 0.291 e. The van der Waals surface area contributed by atoms with Crippen molar-refractivity contribution in [3.8, 4) is 0 Å². The Kier molecular flexibility index (Phi) is 4.64. The quantitative estimate of drug-likeness (QED) is 0.936. The lowest BCUT2D eigenvalue weighted by atomic mass is 10.1. The molecule has 1 N–H and O–H groups in total. The molecule has 0 bridgehead atoms. The van der Waals surface area contributed by atoms with Gasteiger partial charge in [-0.3, -0.25) is 9.59 Å². The molecule has 0 radical (unpaired) electrons. The lowest BCUT2D eigenvalue weighted by molar-refractivity contribution is 0.0303. The average molecular weight is 335 g/mol. The van der Waals surface area contributed by atoms with E-state index in [-0.39, 0.29) is 17.6 Å². The number of rotatable bonds is 3. The van der Waals surface area contributed by atoms with Crippen molar-refractivity contribution in [2.45, 2.75) is 0 Å². The highest BCUT2D eigenvalue weighted by atomic mass is 35.5. The van der Waals surface area contributed by atoms with Gasteiger partial charge in [0.1, 0.15) is 0 Å². The summed E-state index contributed by atoms with van der Waals surface area (Å²) in [5, 5.41) is 3.03. The van der Waals surface area contributed by atoms with Crippen molar-refractivity contribution in [1.82, 2.24) is 4.90 Å². The molecule has 1 aromatic carbocycles. The fourth-order valence-electron chi connectivity index (χ4n) is 2.30. The van der Waals surface area contributed by atoms with E-state index in [1.165, 1.54) is 6.26 Å². The molecule has 120 valence electrons. The van der Waals surface area contributed by atoms with Crippen LogP contribution in [-0.2, 0) is 4.74 Å². The standard InChI is InChI=1S/C16H15ClN2O4/c17-13-4-3-11(18-15(20)14-2-1-7-23-14)10-12(13)16(21)19-5-8-22-9-6-19/h1-4,7,10H,5-6,8-9H2,(H,18,20). The number of benzene rings is 1. The highest BCUT2D eigenvalue weighted by Gasteiger charge is 2.21. The van der Waals surface area contributed by atoms with Crippen LogP contribution in [0.3, 0.4) is 0 Å². The van der Waals surface area contributed by atoms with Gasteiger partial charge in [0.25, 0.3) is 11.8 Å². The Labute approximate surface area is 138 Å². The Hall–Kier alpha value is -2.31. The predicted molar refractivity (Wildman–Crippen MR) is 84.8 cm³/mol. The first-order valence-corrected chi connectivity index (χ1v) is 7.54. The number of morpholine rings is 1. The van der Waals surface area contributed by atoms with Crippen molar-refractivity contribution < 1.29 is 18.7 Å². The summed E-state index contributed by atoms with van der Waals surface area (Å²) in [6.45, 7) is 2.08. The summed E-state index contributed by atoms with van der Waals surface area (Å²) in [6, 6.07) is 7.99. The summed E-state index contributed by atoms with van der Waals surface area (Å²) in [7, 11) is 0. The van der Waals surface area contributed by atoms with Gasteiger partial charge < -0.3 is 19.4 Å². The number of amides is 2. The minimum absolute atomic E-state index is 0.174. The van der Waals surface area contributed by atoms with Crippen LogP contribution in [0.1, 0.15) is 20.9 Å². The van der Waals surface area contributed by atoms with Crippen LogP contribution in [0.5, 0.6) is 0 Å². The summed E-state index contributed by atoms with van der Waals surface area (Å²) in [5.74, 6) is -0.365. The molecule has 0 aliphatic carbocycles. The fraction of sp³-hybridized carbons (Fsp3) is 0.250. The lowest BCUT2D eigenvalue weighted by Gasteiger charge is -2.27. The number of hydrogen-bond donors (Lipinski definition) is 1. The first-order valence-electron chi connectivity index (χ1n) is 7.16. The van der Waals surface area contributed by atoms with Crippen LogP contribution >= 0.6 is 11.6 Å². The van der Waals surface area contributed by atoms with Crippen molar-refractivity contribution in [3.63, 3.8) is 0 Å². The third-order valence-electron chi connectivity index (χ3n) is 3.50. The van der Waals surface area contributed by atoms with Crippen molar-refractivity contribution in [3.05, 3.63) is 52.9 Å². The van der Waals surface area contributed by atoms with Crippen LogP contribution in [0.25, 0.3) is 0 Å². The normalized spacial score (nSPS) is 14.6. The molecule has 1 aliphatic heterocycles. The molecule has 0 atom stereocenters. The van der Waals surface area contributed by atoms with Crippen molar-refractivity contribution in [1.29, 1.82) is 0 Å². The Morgan fingerprint density at radius 3 is 2.65 bits per heavy atom. The maximum Gasteiger partial charge on any atom is 0.291 e. The number of hydrogen-bond acceptors (Lipinski definition) is 4.